The Hall–Kier alpha value is -1.94. The molecule has 4 heteroatoms. The van der Waals surface area contributed by atoms with E-state index in [2.05, 4.69) is 4.98 Å². The number of hydrogen-bond donors (Lipinski definition) is 1. The number of aromatic nitrogens is 1. The normalized spacial score (nSPS) is 13.8. The minimum Gasteiger partial charge on any atom is -0.353 e. The van der Waals surface area contributed by atoms with Crippen LogP contribution in [0.25, 0.3) is 0 Å². The van der Waals surface area contributed by atoms with Crippen LogP contribution in [0, 0.1) is 5.82 Å². The molecular formula is C16H20FN3. The molecule has 0 fully saturated rings. The topological polar surface area (TPSA) is 42.2 Å². The number of pyridine rings is 1. The average molecular weight is 273 g/mol. The zero-order valence-electron chi connectivity index (χ0n) is 12.0. The quantitative estimate of drug-likeness (QED) is 0.928. The predicted octanol–water partition coefficient (Wildman–Crippen LogP) is 3.44. The highest BCUT2D eigenvalue weighted by Crippen LogP contribution is 2.29. The summed E-state index contributed by atoms with van der Waals surface area (Å²) in [7, 11) is 1.91. The molecule has 0 saturated heterocycles. The van der Waals surface area contributed by atoms with Crippen LogP contribution in [0.1, 0.15) is 37.1 Å². The summed E-state index contributed by atoms with van der Waals surface area (Å²) in [6, 6.07) is 10.4. The SMILES string of the molecule is CC(c1ccccc1F)N(C)c1ncccc1[C@H](C)N. The van der Waals surface area contributed by atoms with Crippen molar-refractivity contribution >= 4 is 5.82 Å². The fraction of sp³-hybridized carbons (Fsp3) is 0.312. The Labute approximate surface area is 119 Å². The predicted molar refractivity (Wildman–Crippen MR) is 80.1 cm³/mol. The van der Waals surface area contributed by atoms with Crippen LogP contribution in [-0.2, 0) is 0 Å². The fourth-order valence-corrected chi connectivity index (χ4v) is 2.27. The van der Waals surface area contributed by atoms with E-state index in [1.54, 1.807) is 18.3 Å². The fourth-order valence-electron chi connectivity index (χ4n) is 2.27. The first kappa shape index (κ1) is 14.5. The number of nitrogens with two attached hydrogens (primary N) is 1. The highest BCUT2D eigenvalue weighted by molar-refractivity contribution is 5.49. The molecule has 1 aromatic heterocycles. The molecule has 106 valence electrons. The number of halogens is 1. The van der Waals surface area contributed by atoms with Crippen molar-refractivity contribution in [3.8, 4) is 0 Å². The van der Waals surface area contributed by atoms with E-state index < -0.39 is 0 Å². The molecule has 0 bridgehead atoms. The van der Waals surface area contributed by atoms with Gasteiger partial charge in [0.05, 0.1) is 6.04 Å². The molecule has 0 radical (unpaired) electrons. The van der Waals surface area contributed by atoms with Crippen molar-refractivity contribution in [2.75, 3.05) is 11.9 Å². The summed E-state index contributed by atoms with van der Waals surface area (Å²) in [4.78, 5) is 6.36. The van der Waals surface area contributed by atoms with Gasteiger partial charge >= 0.3 is 0 Å². The van der Waals surface area contributed by atoms with Gasteiger partial charge in [0.15, 0.2) is 0 Å². The van der Waals surface area contributed by atoms with Crippen LogP contribution in [0.15, 0.2) is 42.6 Å². The third-order valence-corrected chi connectivity index (χ3v) is 3.58. The molecule has 2 N–H and O–H groups in total. The lowest BCUT2D eigenvalue weighted by Gasteiger charge is -2.29. The monoisotopic (exact) mass is 273 g/mol. The lowest BCUT2D eigenvalue weighted by molar-refractivity contribution is 0.583. The van der Waals surface area contributed by atoms with E-state index in [1.165, 1.54) is 6.07 Å². The number of anilines is 1. The molecule has 1 aromatic carbocycles. The van der Waals surface area contributed by atoms with Crippen LogP contribution < -0.4 is 10.6 Å². The summed E-state index contributed by atoms with van der Waals surface area (Å²) in [5, 5.41) is 0. The lowest BCUT2D eigenvalue weighted by atomic mass is 10.0. The molecule has 0 spiro atoms. The second-order valence-electron chi connectivity index (χ2n) is 5.01. The molecule has 20 heavy (non-hydrogen) atoms. The highest BCUT2D eigenvalue weighted by atomic mass is 19.1. The molecule has 2 aromatic rings. The maximum atomic E-state index is 13.9. The van der Waals surface area contributed by atoms with Gasteiger partial charge in [-0.3, -0.25) is 0 Å². The molecule has 0 saturated carbocycles. The first-order valence-electron chi connectivity index (χ1n) is 6.70. The molecule has 1 unspecified atom stereocenters. The number of benzene rings is 1. The van der Waals surface area contributed by atoms with Crippen molar-refractivity contribution in [3.63, 3.8) is 0 Å². The average Bonchev–Trinajstić information content (AvgIpc) is 2.46. The largest absolute Gasteiger partial charge is 0.353 e. The second kappa shape index (κ2) is 6.01. The molecule has 0 aliphatic rings. The Balaban J connectivity index is 2.37. The third kappa shape index (κ3) is 2.80. The summed E-state index contributed by atoms with van der Waals surface area (Å²) in [6.45, 7) is 3.88. The van der Waals surface area contributed by atoms with E-state index >= 15 is 0 Å². The highest BCUT2D eigenvalue weighted by Gasteiger charge is 2.19. The Kier molecular flexibility index (Phi) is 4.35. The van der Waals surface area contributed by atoms with Gasteiger partial charge in [0.1, 0.15) is 11.6 Å². The van der Waals surface area contributed by atoms with Crippen molar-refractivity contribution in [1.82, 2.24) is 4.98 Å². The Morgan fingerprint density at radius 3 is 2.40 bits per heavy atom. The van der Waals surface area contributed by atoms with Gasteiger partial charge in [-0.1, -0.05) is 24.3 Å². The zero-order valence-corrected chi connectivity index (χ0v) is 12.0. The lowest BCUT2D eigenvalue weighted by Crippen LogP contribution is -2.25. The number of hydrogen-bond acceptors (Lipinski definition) is 3. The molecule has 3 nitrogen and oxygen atoms in total. The Bertz CT molecular complexity index is 583. The van der Waals surface area contributed by atoms with Gasteiger partial charge in [-0.05, 0) is 26.0 Å². The van der Waals surface area contributed by atoms with Gasteiger partial charge in [0.25, 0.3) is 0 Å². The standard InChI is InChI=1S/C16H20FN3/c1-11(18)13-8-6-10-19-16(13)20(3)12(2)14-7-4-5-9-15(14)17/h4-12H,18H2,1-3H3/t11-,12?/m0/s1. The number of rotatable bonds is 4. The van der Waals surface area contributed by atoms with E-state index in [4.69, 9.17) is 5.73 Å². The van der Waals surface area contributed by atoms with Gasteiger partial charge in [0.2, 0.25) is 0 Å². The molecule has 0 aliphatic carbocycles. The summed E-state index contributed by atoms with van der Waals surface area (Å²) >= 11 is 0. The first-order valence-corrected chi connectivity index (χ1v) is 6.70. The van der Waals surface area contributed by atoms with Crippen LogP contribution in [0.2, 0.25) is 0 Å². The van der Waals surface area contributed by atoms with Crippen molar-refractivity contribution in [1.29, 1.82) is 0 Å². The summed E-state index contributed by atoms with van der Waals surface area (Å²) in [5.41, 5.74) is 7.59. The van der Waals surface area contributed by atoms with Crippen molar-refractivity contribution in [2.45, 2.75) is 25.9 Å². The van der Waals surface area contributed by atoms with E-state index in [0.29, 0.717) is 5.56 Å². The van der Waals surface area contributed by atoms with Gasteiger partial charge in [-0.2, -0.15) is 0 Å². The Morgan fingerprint density at radius 1 is 1.10 bits per heavy atom. The molecule has 2 rings (SSSR count). The van der Waals surface area contributed by atoms with Crippen LogP contribution in [0.3, 0.4) is 0 Å². The van der Waals surface area contributed by atoms with E-state index in [0.717, 1.165) is 11.4 Å². The maximum Gasteiger partial charge on any atom is 0.133 e. The van der Waals surface area contributed by atoms with E-state index in [-0.39, 0.29) is 17.9 Å². The van der Waals surface area contributed by atoms with Crippen molar-refractivity contribution in [3.05, 3.63) is 59.5 Å². The molecule has 0 aliphatic heterocycles. The third-order valence-electron chi connectivity index (χ3n) is 3.58. The minimum atomic E-state index is -0.204. The summed E-state index contributed by atoms with van der Waals surface area (Å²) in [5.74, 6) is 0.586. The summed E-state index contributed by atoms with van der Waals surface area (Å²) in [6.07, 6.45) is 1.73. The molecule has 1 heterocycles. The smallest absolute Gasteiger partial charge is 0.133 e. The van der Waals surface area contributed by atoms with Gasteiger partial charge < -0.3 is 10.6 Å². The van der Waals surface area contributed by atoms with Gasteiger partial charge in [0, 0.05) is 30.4 Å². The molecule has 0 amide bonds. The van der Waals surface area contributed by atoms with Gasteiger partial charge in [-0.25, -0.2) is 9.37 Å². The van der Waals surface area contributed by atoms with Crippen LogP contribution in [0.5, 0.6) is 0 Å². The number of nitrogens with zero attached hydrogens (tertiary/aromatic N) is 2. The minimum absolute atomic E-state index is 0.117. The van der Waals surface area contributed by atoms with Crippen molar-refractivity contribution < 1.29 is 4.39 Å². The van der Waals surface area contributed by atoms with Crippen LogP contribution >= 0.6 is 0 Å². The first-order chi connectivity index (χ1) is 9.52. The Morgan fingerprint density at radius 2 is 1.75 bits per heavy atom. The van der Waals surface area contributed by atoms with Gasteiger partial charge in [-0.15, -0.1) is 0 Å². The summed E-state index contributed by atoms with van der Waals surface area (Å²) < 4.78 is 13.9. The van der Waals surface area contributed by atoms with Crippen LogP contribution in [-0.4, -0.2) is 12.0 Å². The molecular weight excluding hydrogens is 253 g/mol. The molecule has 2 atom stereocenters. The second-order valence-corrected chi connectivity index (χ2v) is 5.01. The zero-order chi connectivity index (χ0) is 14.7. The van der Waals surface area contributed by atoms with E-state index in [1.807, 2.05) is 44.0 Å². The van der Waals surface area contributed by atoms with Crippen molar-refractivity contribution in [2.24, 2.45) is 5.73 Å². The van der Waals surface area contributed by atoms with E-state index in [9.17, 15) is 4.39 Å². The van der Waals surface area contributed by atoms with Crippen LogP contribution in [0.4, 0.5) is 10.2 Å². The maximum absolute atomic E-state index is 13.9.